The first-order valence-electron chi connectivity index (χ1n) is 23.0. The molecule has 12 aromatic rings. The smallest absolute Gasteiger partial charge is 0.0401 e. The molecule has 0 saturated carbocycles. The largest absolute Gasteiger partial charge is 0.398 e. The van der Waals surface area contributed by atoms with Gasteiger partial charge in [0.2, 0.25) is 0 Å². The van der Waals surface area contributed by atoms with Crippen molar-refractivity contribution in [2.75, 3.05) is 11.5 Å². The highest BCUT2D eigenvalue weighted by Gasteiger charge is 2.28. The van der Waals surface area contributed by atoms with Crippen molar-refractivity contribution in [3.05, 3.63) is 267 Å². The van der Waals surface area contributed by atoms with E-state index in [2.05, 4.69) is 231 Å². The van der Waals surface area contributed by atoms with Crippen molar-refractivity contribution >= 4 is 102 Å². The summed E-state index contributed by atoms with van der Waals surface area (Å²) in [5.41, 5.74) is 18.9. The van der Waals surface area contributed by atoms with Gasteiger partial charge in [-0.1, -0.05) is 255 Å². The summed E-state index contributed by atoms with van der Waals surface area (Å²) in [4.78, 5) is 0. The topological polar surface area (TPSA) is 52.0 Å². The Morgan fingerprint density at radius 2 is 0.441 bits per heavy atom. The highest BCUT2D eigenvalue weighted by Crippen LogP contribution is 2.46. The molecule has 4 N–H and O–H groups in total. The van der Waals surface area contributed by atoms with Gasteiger partial charge in [0.15, 0.2) is 0 Å². The molecule has 0 aliphatic rings. The van der Waals surface area contributed by atoms with Gasteiger partial charge in [-0.05, 0) is 114 Å². The molecule has 0 fully saturated rings. The van der Waals surface area contributed by atoms with Crippen LogP contribution >= 0.6 is 15.8 Å². The maximum absolute atomic E-state index is 6.32. The minimum Gasteiger partial charge on any atom is -0.398 e. The van der Waals surface area contributed by atoms with Gasteiger partial charge in [0.1, 0.15) is 0 Å². The lowest BCUT2D eigenvalue weighted by atomic mass is 9.91. The highest BCUT2D eigenvalue weighted by molar-refractivity contribution is 7.80. The van der Waals surface area contributed by atoms with Crippen LogP contribution in [0.3, 0.4) is 0 Å². The minimum atomic E-state index is -0.852. The number of rotatable bonds is 8. The standard InChI is InChI=1S/C44H32P2.C20H16N2/c1-5-19-35(20-6-1)45(36-21-7-2-8-22-36)41-31-29-33-17-13-15-27-39(33)43(41)44-40-28-16-14-18-34(40)30-32-42(44)46(37-23-9-3-10-24-37)38-25-11-4-12-26-38;21-17-11-9-13-5-1-3-7-15(13)19(17)20-16-8-4-2-6-14(16)10-12-18(20)22/h1-32H;1-12H,21-22H2. The molecule has 0 spiro atoms. The monoisotopic (exact) mass is 906 g/mol. The second kappa shape index (κ2) is 19.2. The number of hydrogen-bond acceptors (Lipinski definition) is 2. The fourth-order valence-corrected chi connectivity index (χ4v) is 14.7. The van der Waals surface area contributed by atoms with E-state index in [0.717, 1.165) is 33.3 Å². The summed E-state index contributed by atoms with van der Waals surface area (Å²) in [6, 6.07) is 96.4. The van der Waals surface area contributed by atoms with Gasteiger partial charge in [-0.3, -0.25) is 0 Å². The lowest BCUT2D eigenvalue weighted by Gasteiger charge is -2.28. The molecule has 0 atom stereocenters. The summed E-state index contributed by atoms with van der Waals surface area (Å²) in [5, 5.41) is 17.9. The molecule has 0 saturated heterocycles. The molecule has 0 heterocycles. The molecule has 4 heteroatoms. The molecule has 0 aliphatic carbocycles. The fraction of sp³-hybridized carbons (Fsp3) is 0. The number of fused-ring (bicyclic) bond motifs is 4. The van der Waals surface area contributed by atoms with Crippen LogP contribution in [0.4, 0.5) is 11.4 Å². The first kappa shape index (κ1) is 42.8. The third-order valence-electron chi connectivity index (χ3n) is 12.8. The summed E-state index contributed by atoms with van der Waals surface area (Å²) in [6.45, 7) is 0. The van der Waals surface area contributed by atoms with Crippen molar-refractivity contribution in [2.45, 2.75) is 0 Å². The van der Waals surface area contributed by atoms with Crippen molar-refractivity contribution < 1.29 is 0 Å². The molecule has 0 radical (unpaired) electrons. The Morgan fingerprint density at radius 1 is 0.206 bits per heavy atom. The molecular weight excluding hydrogens is 859 g/mol. The molecular formula is C64H48N2P2. The summed E-state index contributed by atoms with van der Waals surface area (Å²) in [6.07, 6.45) is 0. The van der Waals surface area contributed by atoms with E-state index in [0.29, 0.717) is 0 Å². The van der Waals surface area contributed by atoms with E-state index in [4.69, 9.17) is 11.5 Å². The normalized spacial score (nSPS) is 11.3. The molecule has 0 bridgehead atoms. The van der Waals surface area contributed by atoms with Gasteiger partial charge in [0.05, 0.1) is 0 Å². The van der Waals surface area contributed by atoms with Crippen LogP contribution in [-0.2, 0) is 0 Å². The van der Waals surface area contributed by atoms with Crippen LogP contribution < -0.4 is 43.3 Å². The van der Waals surface area contributed by atoms with Crippen LogP contribution in [0.2, 0.25) is 0 Å². The second-order valence-electron chi connectivity index (χ2n) is 16.9. The van der Waals surface area contributed by atoms with Crippen molar-refractivity contribution in [1.82, 2.24) is 0 Å². The van der Waals surface area contributed by atoms with Crippen molar-refractivity contribution in [3.8, 4) is 22.3 Å². The van der Waals surface area contributed by atoms with Gasteiger partial charge in [-0.25, -0.2) is 0 Å². The van der Waals surface area contributed by atoms with Gasteiger partial charge < -0.3 is 11.5 Å². The van der Waals surface area contributed by atoms with Crippen LogP contribution in [0, 0.1) is 0 Å². The van der Waals surface area contributed by atoms with Gasteiger partial charge in [-0.15, -0.1) is 0 Å². The number of hydrogen-bond donors (Lipinski definition) is 2. The lowest BCUT2D eigenvalue weighted by Crippen LogP contribution is -2.26. The Labute approximate surface area is 400 Å². The third-order valence-corrected chi connectivity index (χ3v) is 17.7. The highest BCUT2D eigenvalue weighted by atomic mass is 31.1. The first-order chi connectivity index (χ1) is 33.6. The maximum Gasteiger partial charge on any atom is 0.0401 e. The summed E-state index contributed by atoms with van der Waals surface area (Å²) < 4.78 is 0. The Kier molecular flexibility index (Phi) is 12.0. The molecule has 2 nitrogen and oxygen atoms in total. The van der Waals surface area contributed by atoms with E-state index >= 15 is 0 Å². The van der Waals surface area contributed by atoms with Crippen LogP contribution in [-0.4, -0.2) is 0 Å². The number of benzene rings is 12. The van der Waals surface area contributed by atoms with Crippen molar-refractivity contribution in [2.24, 2.45) is 0 Å². The SMILES string of the molecule is Nc1ccc2ccccc2c1-c1c(N)ccc2ccccc12.c1ccc(P(c2ccccc2)c2ccc3ccccc3c2-c2c(P(c3ccccc3)c3ccccc3)ccc3ccccc23)cc1. The third kappa shape index (κ3) is 8.20. The van der Waals surface area contributed by atoms with E-state index in [-0.39, 0.29) is 0 Å². The van der Waals surface area contributed by atoms with E-state index in [9.17, 15) is 0 Å². The lowest BCUT2D eigenvalue weighted by molar-refractivity contribution is 1.66. The van der Waals surface area contributed by atoms with Gasteiger partial charge >= 0.3 is 0 Å². The number of nitrogen functional groups attached to an aromatic ring is 2. The zero-order chi connectivity index (χ0) is 45.8. The fourth-order valence-electron chi connectivity index (χ4n) is 9.72. The summed E-state index contributed by atoms with van der Waals surface area (Å²) >= 11 is 0. The van der Waals surface area contributed by atoms with E-state index in [1.54, 1.807) is 0 Å². The predicted octanol–water partition coefficient (Wildman–Crippen LogP) is 14.0. The zero-order valence-corrected chi connectivity index (χ0v) is 39.2. The van der Waals surface area contributed by atoms with E-state index in [1.165, 1.54) is 75.3 Å². The average molecular weight is 907 g/mol. The van der Waals surface area contributed by atoms with Gasteiger partial charge in [0, 0.05) is 22.5 Å². The van der Waals surface area contributed by atoms with E-state index in [1.807, 2.05) is 36.4 Å². The summed E-state index contributed by atoms with van der Waals surface area (Å²) in [5.74, 6) is 0. The number of anilines is 2. The molecule has 0 unspecified atom stereocenters. The minimum absolute atomic E-state index is 0.752. The Bertz CT molecular complexity index is 3380. The second-order valence-corrected chi connectivity index (χ2v) is 21.2. The van der Waals surface area contributed by atoms with Crippen molar-refractivity contribution in [3.63, 3.8) is 0 Å². The predicted molar refractivity (Wildman–Crippen MR) is 300 cm³/mol. The zero-order valence-electron chi connectivity index (χ0n) is 37.5. The Hall–Kier alpha value is -7.86. The molecule has 324 valence electrons. The summed E-state index contributed by atoms with van der Waals surface area (Å²) in [7, 11) is -1.70. The number of nitrogens with two attached hydrogens (primary N) is 2. The Morgan fingerprint density at radius 3 is 0.735 bits per heavy atom. The van der Waals surface area contributed by atoms with Gasteiger partial charge in [0.25, 0.3) is 0 Å². The Balaban J connectivity index is 0.000000192. The molecule has 12 aromatic carbocycles. The average Bonchev–Trinajstić information content (AvgIpc) is 3.40. The van der Waals surface area contributed by atoms with Gasteiger partial charge in [-0.2, -0.15) is 0 Å². The maximum atomic E-state index is 6.32. The first-order valence-corrected chi connectivity index (χ1v) is 25.7. The van der Waals surface area contributed by atoms with Crippen LogP contribution in [0.15, 0.2) is 267 Å². The quantitative estimate of drug-likeness (QED) is 0.118. The molecule has 0 aromatic heterocycles. The molecule has 68 heavy (non-hydrogen) atoms. The van der Waals surface area contributed by atoms with Crippen LogP contribution in [0.1, 0.15) is 0 Å². The molecule has 0 aliphatic heterocycles. The van der Waals surface area contributed by atoms with Crippen LogP contribution in [0.25, 0.3) is 65.3 Å². The molecule has 0 amide bonds. The van der Waals surface area contributed by atoms with Crippen LogP contribution in [0.5, 0.6) is 0 Å². The van der Waals surface area contributed by atoms with Crippen molar-refractivity contribution in [1.29, 1.82) is 0 Å². The van der Waals surface area contributed by atoms with E-state index < -0.39 is 15.8 Å². The molecule has 12 rings (SSSR count).